The molecule has 7 nitrogen and oxygen atoms in total. The molecule has 3 aromatic carbocycles. The van der Waals surface area contributed by atoms with E-state index in [1.165, 1.54) is 35.6 Å². The van der Waals surface area contributed by atoms with E-state index < -0.39 is 35.8 Å². The van der Waals surface area contributed by atoms with E-state index in [1.807, 2.05) is 66.0 Å². The maximum Gasteiger partial charge on any atom is 0.323 e. The lowest BCUT2D eigenvalue weighted by Crippen LogP contribution is -2.55. The molecule has 2 aliphatic rings. The largest absolute Gasteiger partial charge is 0.338 e. The molecule has 4 unspecified atom stereocenters. The van der Waals surface area contributed by atoms with E-state index in [9.17, 15) is 18.8 Å². The van der Waals surface area contributed by atoms with Crippen molar-refractivity contribution >= 4 is 34.7 Å². The highest BCUT2D eigenvalue weighted by molar-refractivity contribution is 7.10. The third-order valence-corrected chi connectivity index (χ3v) is 9.00. The monoisotopic (exact) mass is 582 g/mol. The molecule has 2 fully saturated rings. The second kappa shape index (κ2) is 12.3. The maximum atomic E-state index is 14.5. The number of nitrogens with zero attached hydrogens (tertiary/aromatic N) is 2. The lowest BCUT2D eigenvalue weighted by molar-refractivity contribution is -0.136. The SMILES string of the molecule is O=C(c1ccccc1)C1C(c2ccccc2)C(C(=O)N2CCNCC2)N(C(=O)Nc2ccc(F)cc2)C1c1cccs1. The van der Waals surface area contributed by atoms with E-state index in [1.54, 1.807) is 21.9 Å². The number of anilines is 1. The van der Waals surface area contributed by atoms with Crippen LogP contribution in [0.5, 0.6) is 0 Å². The van der Waals surface area contributed by atoms with Gasteiger partial charge in [-0.3, -0.25) is 9.59 Å². The Bertz CT molecular complexity index is 1530. The van der Waals surface area contributed by atoms with Gasteiger partial charge < -0.3 is 20.4 Å². The van der Waals surface area contributed by atoms with Gasteiger partial charge in [0.05, 0.1) is 12.0 Å². The highest BCUT2D eigenvalue weighted by Gasteiger charge is 2.58. The first-order valence-corrected chi connectivity index (χ1v) is 14.9. The maximum absolute atomic E-state index is 14.5. The first-order valence-electron chi connectivity index (χ1n) is 14.0. The van der Waals surface area contributed by atoms with Crippen molar-refractivity contribution in [2.45, 2.75) is 18.0 Å². The van der Waals surface area contributed by atoms with Gasteiger partial charge in [-0.25, -0.2) is 9.18 Å². The summed E-state index contributed by atoms with van der Waals surface area (Å²) < 4.78 is 13.7. The Labute approximate surface area is 248 Å². The Morgan fingerprint density at radius 2 is 1.50 bits per heavy atom. The Kier molecular flexibility index (Phi) is 8.12. The molecule has 3 heterocycles. The van der Waals surface area contributed by atoms with Crippen molar-refractivity contribution in [3.63, 3.8) is 0 Å². The van der Waals surface area contributed by atoms with E-state index in [4.69, 9.17) is 0 Å². The summed E-state index contributed by atoms with van der Waals surface area (Å²) in [7, 11) is 0. The second-order valence-electron chi connectivity index (χ2n) is 10.5. The number of nitrogens with one attached hydrogen (secondary N) is 2. The van der Waals surface area contributed by atoms with Crippen LogP contribution in [0.4, 0.5) is 14.9 Å². The van der Waals surface area contributed by atoms with Crippen molar-refractivity contribution < 1.29 is 18.8 Å². The standard InChI is InChI=1S/C33H31FN4O3S/c34-24-13-15-25(16-14-24)36-33(41)38-29(26-12-7-21-42-26)28(31(39)23-10-5-2-6-11-23)27(22-8-3-1-4-9-22)30(38)32(40)37-19-17-35-18-20-37/h1-16,21,27-30,35H,17-20H2,(H,36,41). The van der Waals surface area contributed by atoms with E-state index in [-0.39, 0.29) is 11.7 Å². The number of carbonyl (C=O) groups is 3. The van der Waals surface area contributed by atoms with Crippen LogP contribution in [-0.4, -0.2) is 59.7 Å². The van der Waals surface area contributed by atoms with Crippen LogP contribution in [0, 0.1) is 11.7 Å². The molecule has 0 radical (unpaired) electrons. The van der Waals surface area contributed by atoms with Crippen molar-refractivity contribution in [3.8, 4) is 0 Å². The zero-order valence-electron chi connectivity index (χ0n) is 22.9. The zero-order chi connectivity index (χ0) is 29.1. The van der Waals surface area contributed by atoms with E-state index >= 15 is 0 Å². The molecule has 2 aliphatic heterocycles. The summed E-state index contributed by atoms with van der Waals surface area (Å²) in [6.45, 7) is 2.31. The second-order valence-corrected chi connectivity index (χ2v) is 11.5. The van der Waals surface area contributed by atoms with Gasteiger partial charge in [-0.2, -0.15) is 0 Å². The summed E-state index contributed by atoms with van der Waals surface area (Å²) in [5.74, 6) is -2.07. The molecule has 6 rings (SSSR count). The fraction of sp³-hybridized carbons (Fsp3) is 0.242. The molecule has 0 saturated carbocycles. The molecule has 4 atom stereocenters. The predicted octanol–water partition coefficient (Wildman–Crippen LogP) is 5.56. The fourth-order valence-corrected chi connectivity index (χ4v) is 7.04. The van der Waals surface area contributed by atoms with Crippen molar-refractivity contribution in [3.05, 3.63) is 124 Å². The van der Waals surface area contributed by atoms with E-state index in [2.05, 4.69) is 10.6 Å². The summed E-state index contributed by atoms with van der Waals surface area (Å²) in [5.41, 5.74) is 1.74. The van der Waals surface area contributed by atoms with Gasteiger partial charge in [0.15, 0.2) is 5.78 Å². The molecular formula is C33H31FN4O3S. The van der Waals surface area contributed by atoms with Crippen LogP contribution in [0.3, 0.4) is 0 Å². The minimum absolute atomic E-state index is 0.127. The average molecular weight is 583 g/mol. The number of amides is 3. The number of benzene rings is 3. The van der Waals surface area contributed by atoms with Gasteiger partial charge in [0, 0.05) is 48.2 Å². The molecule has 2 saturated heterocycles. The van der Waals surface area contributed by atoms with Gasteiger partial charge in [0.1, 0.15) is 11.9 Å². The van der Waals surface area contributed by atoms with Gasteiger partial charge in [0.25, 0.3) is 0 Å². The summed E-state index contributed by atoms with van der Waals surface area (Å²) in [6.07, 6.45) is 0. The first kappa shape index (κ1) is 27.8. The van der Waals surface area contributed by atoms with Gasteiger partial charge in [-0.15, -0.1) is 11.3 Å². The number of carbonyl (C=O) groups excluding carboxylic acids is 3. The van der Waals surface area contributed by atoms with Crippen LogP contribution in [0.25, 0.3) is 0 Å². The minimum Gasteiger partial charge on any atom is -0.338 e. The number of urea groups is 1. The van der Waals surface area contributed by atoms with Crippen LogP contribution in [-0.2, 0) is 4.79 Å². The minimum atomic E-state index is -0.948. The van der Waals surface area contributed by atoms with Gasteiger partial charge in [-0.1, -0.05) is 66.7 Å². The molecule has 3 amide bonds. The molecule has 214 valence electrons. The summed E-state index contributed by atoms with van der Waals surface area (Å²) >= 11 is 1.45. The Balaban J connectivity index is 1.53. The summed E-state index contributed by atoms with van der Waals surface area (Å²) in [5, 5.41) is 8.09. The van der Waals surface area contributed by atoms with Crippen LogP contribution >= 0.6 is 11.3 Å². The van der Waals surface area contributed by atoms with Gasteiger partial charge >= 0.3 is 6.03 Å². The van der Waals surface area contributed by atoms with Crippen molar-refractivity contribution in [2.24, 2.45) is 5.92 Å². The lowest BCUT2D eigenvalue weighted by atomic mass is 9.77. The lowest BCUT2D eigenvalue weighted by Gasteiger charge is -2.36. The highest BCUT2D eigenvalue weighted by atomic mass is 32.1. The van der Waals surface area contributed by atoms with Crippen LogP contribution < -0.4 is 10.6 Å². The van der Waals surface area contributed by atoms with Gasteiger partial charge in [-0.05, 0) is 41.3 Å². The number of Topliss-reactive ketones (excluding diaryl/α,β-unsaturated/α-hetero) is 1. The first-order chi connectivity index (χ1) is 20.5. The van der Waals surface area contributed by atoms with Crippen LogP contribution in [0.15, 0.2) is 102 Å². The Morgan fingerprint density at radius 1 is 0.833 bits per heavy atom. The molecule has 0 spiro atoms. The fourth-order valence-electron chi connectivity index (χ4n) is 6.17. The van der Waals surface area contributed by atoms with Crippen molar-refractivity contribution in [2.75, 3.05) is 31.5 Å². The Hall–Kier alpha value is -4.34. The third kappa shape index (κ3) is 5.45. The van der Waals surface area contributed by atoms with Crippen LogP contribution in [0.1, 0.15) is 32.8 Å². The topological polar surface area (TPSA) is 81.8 Å². The van der Waals surface area contributed by atoms with E-state index in [0.717, 1.165) is 10.4 Å². The normalized spacial score (nSPS) is 22.1. The molecule has 0 bridgehead atoms. The number of piperazine rings is 1. The quantitative estimate of drug-likeness (QED) is 0.292. The number of rotatable bonds is 6. The summed E-state index contributed by atoms with van der Waals surface area (Å²) in [4.78, 5) is 47.5. The number of hydrogen-bond donors (Lipinski definition) is 2. The average Bonchev–Trinajstić information content (AvgIpc) is 3.69. The molecule has 4 aromatic rings. The third-order valence-electron chi connectivity index (χ3n) is 8.06. The number of halogens is 1. The number of hydrogen-bond acceptors (Lipinski definition) is 5. The molecule has 1 aromatic heterocycles. The van der Waals surface area contributed by atoms with E-state index in [0.29, 0.717) is 37.4 Å². The molecule has 0 aliphatic carbocycles. The molecule has 2 N–H and O–H groups in total. The smallest absolute Gasteiger partial charge is 0.323 e. The summed E-state index contributed by atoms with van der Waals surface area (Å²) in [6, 6.07) is 25.8. The number of thiophene rings is 1. The van der Waals surface area contributed by atoms with Crippen molar-refractivity contribution in [1.29, 1.82) is 0 Å². The van der Waals surface area contributed by atoms with Crippen molar-refractivity contribution in [1.82, 2.24) is 15.1 Å². The Morgan fingerprint density at radius 3 is 2.14 bits per heavy atom. The number of likely N-dealkylation sites (tertiary alicyclic amines) is 1. The zero-order valence-corrected chi connectivity index (χ0v) is 23.7. The van der Waals surface area contributed by atoms with Gasteiger partial charge in [0.2, 0.25) is 5.91 Å². The highest BCUT2D eigenvalue weighted by Crippen LogP contribution is 2.52. The molecule has 9 heteroatoms. The molecule has 42 heavy (non-hydrogen) atoms. The molecular weight excluding hydrogens is 551 g/mol. The van der Waals surface area contributed by atoms with Crippen LogP contribution in [0.2, 0.25) is 0 Å². The predicted molar refractivity (Wildman–Crippen MR) is 161 cm³/mol. The number of ketones is 1.